The molecule has 0 radical (unpaired) electrons. The summed E-state index contributed by atoms with van der Waals surface area (Å²) >= 11 is 0. The zero-order valence-electron chi connectivity index (χ0n) is 17.4. The molecule has 1 aliphatic heterocycles. The van der Waals surface area contributed by atoms with Crippen molar-refractivity contribution >= 4 is 10.8 Å². The first-order chi connectivity index (χ1) is 13.2. The van der Waals surface area contributed by atoms with E-state index >= 15 is 0 Å². The van der Waals surface area contributed by atoms with Crippen LogP contribution in [0.15, 0.2) is 48.5 Å². The summed E-state index contributed by atoms with van der Waals surface area (Å²) in [5.74, 6) is 0.598. The Kier molecular flexibility index (Phi) is 4.62. The zero-order valence-corrected chi connectivity index (χ0v) is 17.4. The highest BCUT2D eigenvalue weighted by Crippen LogP contribution is 2.31. The predicted molar refractivity (Wildman–Crippen MR) is 115 cm³/mol. The predicted octanol–water partition coefficient (Wildman–Crippen LogP) is 5.29. The third kappa shape index (κ3) is 4.02. The maximum absolute atomic E-state index is 6.20. The smallest absolute Gasteiger partial charge is 0.233 e. The Bertz CT molecular complexity index is 976. The lowest BCUT2D eigenvalue weighted by Gasteiger charge is -2.46. The molecule has 1 saturated heterocycles. The van der Waals surface area contributed by atoms with Gasteiger partial charge in [-0.2, -0.15) is 0 Å². The van der Waals surface area contributed by atoms with E-state index in [0.717, 1.165) is 24.1 Å². The first-order valence-electron chi connectivity index (χ1n) is 10.0. The molecule has 4 heteroatoms. The van der Waals surface area contributed by atoms with Crippen molar-refractivity contribution in [3.8, 4) is 17.1 Å². The molecule has 1 aliphatic rings. The first kappa shape index (κ1) is 18.9. The highest BCUT2D eigenvalue weighted by Gasteiger charge is 2.38. The van der Waals surface area contributed by atoms with Crippen LogP contribution in [0.1, 0.15) is 46.1 Å². The quantitative estimate of drug-likeness (QED) is 0.675. The van der Waals surface area contributed by atoms with Crippen molar-refractivity contribution in [1.82, 2.24) is 15.5 Å². The van der Waals surface area contributed by atoms with Gasteiger partial charge in [-0.25, -0.2) is 0 Å². The van der Waals surface area contributed by atoms with Crippen molar-refractivity contribution in [2.24, 2.45) is 0 Å². The number of ether oxygens (including phenoxy) is 1. The molecule has 0 unspecified atom stereocenters. The highest BCUT2D eigenvalue weighted by atomic mass is 16.5. The minimum atomic E-state index is 0.0436. The number of aryl methyl sites for hydroxylation is 1. The van der Waals surface area contributed by atoms with E-state index in [-0.39, 0.29) is 17.2 Å². The number of piperidine rings is 1. The first-order valence-corrected chi connectivity index (χ1v) is 10.0. The minimum absolute atomic E-state index is 0.0436. The van der Waals surface area contributed by atoms with E-state index in [9.17, 15) is 0 Å². The molecular formula is C24H29N3O. The Morgan fingerprint density at radius 3 is 2.14 bits per heavy atom. The van der Waals surface area contributed by atoms with Crippen molar-refractivity contribution in [2.75, 3.05) is 0 Å². The third-order valence-electron chi connectivity index (χ3n) is 5.45. The van der Waals surface area contributed by atoms with Crippen molar-refractivity contribution in [1.29, 1.82) is 0 Å². The molecule has 4 rings (SSSR count). The summed E-state index contributed by atoms with van der Waals surface area (Å²) in [6.07, 6.45) is 2.03. The number of fused-ring (bicyclic) bond motifs is 1. The molecule has 2 aromatic carbocycles. The lowest BCUT2D eigenvalue weighted by atomic mass is 9.81. The van der Waals surface area contributed by atoms with Crippen LogP contribution in [-0.4, -0.2) is 27.4 Å². The van der Waals surface area contributed by atoms with E-state index in [4.69, 9.17) is 4.74 Å². The fourth-order valence-corrected chi connectivity index (χ4v) is 4.64. The van der Waals surface area contributed by atoms with Gasteiger partial charge in [0.2, 0.25) is 5.88 Å². The summed E-state index contributed by atoms with van der Waals surface area (Å²) in [6, 6.07) is 16.7. The van der Waals surface area contributed by atoms with Gasteiger partial charge in [-0.1, -0.05) is 30.3 Å². The van der Waals surface area contributed by atoms with Crippen LogP contribution >= 0.6 is 0 Å². The lowest BCUT2D eigenvalue weighted by Crippen LogP contribution is -2.60. The normalized spacial score (nSPS) is 18.9. The molecule has 4 nitrogen and oxygen atoms in total. The van der Waals surface area contributed by atoms with Gasteiger partial charge < -0.3 is 10.1 Å². The average Bonchev–Trinajstić information content (AvgIpc) is 2.59. The molecule has 0 atom stereocenters. The molecule has 3 aromatic rings. The van der Waals surface area contributed by atoms with Crippen molar-refractivity contribution < 1.29 is 4.74 Å². The van der Waals surface area contributed by atoms with Crippen molar-refractivity contribution in [3.05, 3.63) is 54.1 Å². The fraction of sp³-hybridized carbons (Fsp3) is 0.417. The number of hydrogen-bond acceptors (Lipinski definition) is 4. The Balaban J connectivity index is 1.55. The Labute approximate surface area is 167 Å². The maximum Gasteiger partial charge on any atom is 0.233 e. The van der Waals surface area contributed by atoms with Gasteiger partial charge in [0.05, 0.1) is 5.69 Å². The summed E-state index contributed by atoms with van der Waals surface area (Å²) in [5, 5.41) is 15.0. The second kappa shape index (κ2) is 6.85. The van der Waals surface area contributed by atoms with Crippen LogP contribution in [-0.2, 0) is 0 Å². The summed E-state index contributed by atoms with van der Waals surface area (Å²) in [5.41, 5.74) is 3.27. The van der Waals surface area contributed by atoms with Crippen LogP contribution in [0.25, 0.3) is 22.0 Å². The molecule has 0 saturated carbocycles. The van der Waals surface area contributed by atoms with Crippen molar-refractivity contribution in [2.45, 2.75) is 64.6 Å². The number of rotatable bonds is 3. The molecule has 1 aromatic heterocycles. The average molecular weight is 376 g/mol. The summed E-state index contributed by atoms with van der Waals surface area (Å²) in [7, 11) is 0. The Morgan fingerprint density at radius 2 is 1.54 bits per heavy atom. The third-order valence-corrected chi connectivity index (χ3v) is 5.45. The van der Waals surface area contributed by atoms with Crippen LogP contribution in [0.2, 0.25) is 0 Å². The number of benzene rings is 2. The zero-order chi connectivity index (χ0) is 19.9. The van der Waals surface area contributed by atoms with Crippen LogP contribution in [0.3, 0.4) is 0 Å². The highest BCUT2D eigenvalue weighted by molar-refractivity contribution is 5.88. The monoisotopic (exact) mass is 375 g/mol. The topological polar surface area (TPSA) is 47.0 Å². The molecule has 0 aliphatic carbocycles. The number of aromatic nitrogens is 2. The van der Waals surface area contributed by atoms with Gasteiger partial charge in [0.25, 0.3) is 0 Å². The molecule has 0 spiro atoms. The Morgan fingerprint density at radius 1 is 0.893 bits per heavy atom. The number of hydrogen-bond donors (Lipinski definition) is 1. The van der Waals surface area contributed by atoms with Crippen LogP contribution in [0.4, 0.5) is 0 Å². The second-order valence-electron chi connectivity index (χ2n) is 9.31. The molecule has 28 heavy (non-hydrogen) atoms. The van der Waals surface area contributed by atoms with Gasteiger partial charge in [0.15, 0.2) is 0 Å². The Hall–Kier alpha value is -2.46. The van der Waals surface area contributed by atoms with Crippen LogP contribution < -0.4 is 10.1 Å². The van der Waals surface area contributed by atoms with Crippen molar-refractivity contribution in [3.63, 3.8) is 0 Å². The van der Waals surface area contributed by atoms with Gasteiger partial charge in [0.1, 0.15) is 6.10 Å². The SMILES string of the molecule is Cc1cc2ccccc2cc1-c1ccc(OC2CC(C)(C)NC(C)(C)C2)nn1. The van der Waals surface area contributed by atoms with E-state index in [2.05, 4.69) is 86.5 Å². The van der Waals surface area contributed by atoms with Crippen LogP contribution in [0, 0.1) is 6.92 Å². The van der Waals surface area contributed by atoms with Gasteiger partial charge in [-0.15, -0.1) is 10.2 Å². The van der Waals surface area contributed by atoms with Crippen LogP contribution in [0.5, 0.6) is 5.88 Å². The molecule has 0 bridgehead atoms. The molecule has 146 valence electrons. The summed E-state index contributed by atoms with van der Waals surface area (Å²) in [4.78, 5) is 0. The summed E-state index contributed by atoms with van der Waals surface area (Å²) in [6.45, 7) is 11.0. The fourth-order valence-electron chi connectivity index (χ4n) is 4.64. The van der Waals surface area contributed by atoms with E-state index in [1.54, 1.807) is 0 Å². The van der Waals surface area contributed by atoms with E-state index in [0.29, 0.717) is 5.88 Å². The maximum atomic E-state index is 6.20. The van der Waals surface area contributed by atoms with Gasteiger partial charge in [-0.3, -0.25) is 0 Å². The lowest BCUT2D eigenvalue weighted by molar-refractivity contribution is 0.0524. The van der Waals surface area contributed by atoms with E-state index in [1.807, 2.05) is 12.1 Å². The number of nitrogens with one attached hydrogen (secondary N) is 1. The summed E-state index contributed by atoms with van der Waals surface area (Å²) < 4.78 is 6.20. The second-order valence-corrected chi connectivity index (χ2v) is 9.31. The molecule has 0 amide bonds. The standard InChI is InChI=1S/C24H29N3O/c1-16-12-17-8-6-7-9-18(17)13-20(16)21-10-11-22(26-25-21)28-19-14-23(2,3)27-24(4,5)15-19/h6-13,19,27H,14-15H2,1-5H3. The van der Waals surface area contributed by atoms with Gasteiger partial charge in [-0.05, 0) is 63.1 Å². The van der Waals surface area contributed by atoms with Gasteiger partial charge in [0, 0.05) is 35.5 Å². The largest absolute Gasteiger partial charge is 0.473 e. The van der Waals surface area contributed by atoms with E-state index in [1.165, 1.54) is 16.3 Å². The molecule has 1 fully saturated rings. The molecule has 1 N–H and O–H groups in total. The molecule has 2 heterocycles. The van der Waals surface area contributed by atoms with E-state index < -0.39 is 0 Å². The molecular weight excluding hydrogens is 346 g/mol. The minimum Gasteiger partial charge on any atom is -0.473 e. The number of nitrogens with zero attached hydrogens (tertiary/aromatic N) is 2. The van der Waals surface area contributed by atoms with Gasteiger partial charge >= 0.3 is 0 Å².